The number of para-hydroxylation sites is 1. The van der Waals surface area contributed by atoms with Crippen LogP contribution in [0.25, 0.3) is 10.9 Å². The van der Waals surface area contributed by atoms with Crippen LogP contribution in [0.3, 0.4) is 0 Å². The number of amides is 1. The Hall–Kier alpha value is -2.27. The summed E-state index contributed by atoms with van der Waals surface area (Å²) in [6, 6.07) is 5.92. The van der Waals surface area contributed by atoms with Gasteiger partial charge in [0, 0.05) is 61.5 Å². The molecule has 3 aromatic rings. The minimum atomic E-state index is 0.185. The third-order valence-electron chi connectivity index (χ3n) is 4.80. The summed E-state index contributed by atoms with van der Waals surface area (Å²) in [6.45, 7) is 4.03. The molecule has 124 valence electrons. The van der Waals surface area contributed by atoms with Gasteiger partial charge in [0.05, 0.1) is 10.5 Å². The Morgan fingerprint density at radius 3 is 3.08 bits per heavy atom. The van der Waals surface area contributed by atoms with E-state index in [2.05, 4.69) is 16.0 Å². The predicted molar refractivity (Wildman–Crippen MR) is 94.0 cm³/mol. The van der Waals surface area contributed by atoms with Crippen molar-refractivity contribution in [3.63, 3.8) is 0 Å². The number of aromatic nitrogens is 3. The highest BCUT2D eigenvalue weighted by atomic mass is 35.5. The van der Waals surface area contributed by atoms with E-state index < -0.39 is 0 Å². The largest absolute Gasteiger partial charge is 0.357 e. The second-order valence-corrected chi connectivity index (χ2v) is 6.63. The molecule has 3 heterocycles. The predicted octanol–water partition coefficient (Wildman–Crippen LogP) is 3.30. The van der Waals surface area contributed by atoms with E-state index in [4.69, 9.17) is 11.6 Å². The number of nitrogens with zero attached hydrogens (tertiary/aromatic N) is 3. The van der Waals surface area contributed by atoms with Crippen molar-refractivity contribution in [1.82, 2.24) is 19.4 Å². The summed E-state index contributed by atoms with van der Waals surface area (Å²) in [4.78, 5) is 22.2. The van der Waals surface area contributed by atoms with Gasteiger partial charge in [0.1, 0.15) is 5.82 Å². The Balaban J connectivity index is 1.51. The van der Waals surface area contributed by atoms with Gasteiger partial charge in [-0.2, -0.15) is 0 Å². The van der Waals surface area contributed by atoms with Gasteiger partial charge in [-0.15, -0.1) is 0 Å². The van der Waals surface area contributed by atoms with E-state index in [0.717, 1.165) is 34.7 Å². The Morgan fingerprint density at radius 2 is 2.29 bits per heavy atom. The third kappa shape index (κ3) is 2.59. The zero-order chi connectivity index (χ0) is 16.7. The molecule has 0 fully saturated rings. The van der Waals surface area contributed by atoms with E-state index in [1.54, 1.807) is 6.20 Å². The molecule has 6 heteroatoms. The number of hydrogen-bond acceptors (Lipinski definition) is 2. The molecule has 2 aromatic heterocycles. The smallest absolute Gasteiger partial charge is 0.224 e. The van der Waals surface area contributed by atoms with Crippen LogP contribution < -0.4 is 0 Å². The molecule has 0 bridgehead atoms. The van der Waals surface area contributed by atoms with Crippen LogP contribution in [0.5, 0.6) is 0 Å². The van der Waals surface area contributed by atoms with Crippen LogP contribution in [-0.2, 0) is 24.3 Å². The number of rotatable bonds is 3. The molecule has 0 aliphatic carbocycles. The minimum absolute atomic E-state index is 0.185. The molecule has 1 amide bonds. The maximum atomic E-state index is 12.6. The highest BCUT2D eigenvalue weighted by Crippen LogP contribution is 2.31. The number of H-pyrrole nitrogens is 1. The molecule has 0 radical (unpaired) electrons. The number of nitrogens with one attached hydrogen (secondary N) is 1. The van der Waals surface area contributed by atoms with Crippen molar-refractivity contribution in [2.24, 2.45) is 0 Å². The normalized spacial score (nSPS) is 14.2. The summed E-state index contributed by atoms with van der Waals surface area (Å²) < 4.78 is 2.01. The van der Waals surface area contributed by atoms with E-state index in [0.29, 0.717) is 19.5 Å². The van der Waals surface area contributed by atoms with Gasteiger partial charge in [-0.1, -0.05) is 23.7 Å². The zero-order valence-corrected chi connectivity index (χ0v) is 14.3. The minimum Gasteiger partial charge on any atom is -0.357 e. The average molecular weight is 343 g/mol. The first-order chi connectivity index (χ1) is 11.6. The molecule has 1 aliphatic heterocycles. The second kappa shape index (κ2) is 5.98. The van der Waals surface area contributed by atoms with Crippen LogP contribution in [0.2, 0.25) is 5.02 Å². The van der Waals surface area contributed by atoms with Crippen LogP contribution in [0.15, 0.2) is 30.6 Å². The number of halogens is 1. The molecule has 0 saturated heterocycles. The van der Waals surface area contributed by atoms with Crippen LogP contribution in [0, 0.1) is 6.92 Å². The Morgan fingerprint density at radius 1 is 1.42 bits per heavy atom. The number of fused-ring (bicyclic) bond motifs is 3. The highest BCUT2D eigenvalue weighted by Gasteiger charge is 2.24. The number of imidazole rings is 1. The van der Waals surface area contributed by atoms with Gasteiger partial charge in [0.15, 0.2) is 0 Å². The van der Waals surface area contributed by atoms with Gasteiger partial charge in [-0.3, -0.25) is 4.79 Å². The van der Waals surface area contributed by atoms with Crippen molar-refractivity contribution in [1.29, 1.82) is 0 Å². The average Bonchev–Trinajstić information content (AvgIpc) is 3.16. The van der Waals surface area contributed by atoms with Crippen LogP contribution in [0.4, 0.5) is 0 Å². The molecule has 5 nitrogen and oxygen atoms in total. The molecule has 1 N–H and O–H groups in total. The molecule has 0 atom stereocenters. The van der Waals surface area contributed by atoms with Gasteiger partial charge in [-0.25, -0.2) is 4.98 Å². The van der Waals surface area contributed by atoms with E-state index in [-0.39, 0.29) is 5.91 Å². The van der Waals surface area contributed by atoms with Gasteiger partial charge in [-0.05, 0) is 13.0 Å². The second-order valence-electron chi connectivity index (χ2n) is 6.23. The first-order valence-corrected chi connectivity index (χ1v) is 8.54. The molecule has 1 aromatic carbocycles. The Labute approximate surface area is 145 Å². The van der Waals surface area contributed by atoms with Crippen molar-refractivity contribution in [3.05, 3.63) is 52.7 Å². The standard InChI is InChI=1S/C18H19ClN4O/c1-12-20-7-10-22(12)9-6-17(24)23-8-5-16-14(11-23)13-3-2-4-15(19)18(13)21-16/h2-4,7,10,21H,5-6,8-9,11H2,1H3. The summed E-state index contributed by atoms with van der Waals surface area (Å²) in [5.74, 6) is 1.13. The number of carbonyl (C=O) groups is 1. The maximum Gasteiger partial charge on any atom is 0.224 e. The summed E-state index contributed by atoms with van der Waals surface area (Å²) in [6.07, 6.45) is 5.02. The first kappa shape index (κ1) is 15.3. The molecular formula is C18H19ClN4O. The SMILES string of the molecule is Cc1nccn1CCC(=O)N1CCc2[nH]c3c(Cl)cccc3c2C1. The number of hydrogen-bond donors (Lipinski definition) is 1. The van der Waals surface area contributed by atoms with E-state index in [9.17, 15) is 4.79 Å². The van der Waals surface area contributed by atoms with Crippen molar-refractivity contribution in [2.45, 2.75) is 32.9 Å². The van der Waals surface area contributed by atoms with E-state index in [1.165, 1.54) is 11.3 Å². The van der Waals surface area contributed by atoms with Crippen LogP contribution in [0.1, 0.15) is 23.5 Å². The quantitative estimate of drug-likeness (QED) is 0.794. The number of benzene rings is 1. The van der Waals surface area contributed by atoms with Crippen LogP contribution in [-0.4, -0.2) is 31.9 Å². The molecule has 24 heavy (non-hydrogen) atoms. The fraction of sp³-hybridized carbons (Fsp3) is 0.333. The lowest BCUT2D eigenvalue weighted by Crippen LogP contribution is -2.36. The molecule has 0 spiro atoms. The third-order valence-corrected chi connectivity index (χ3v) is 5.12. The number of aromatic amines is 1. The number of carbonyl (C=O) groups excluding carboxylic acids is 1. The molecule has 1 aliphatic rings. The highest BCUT2D eigenvalue weighted by molar-refractivity contribution is 6.35. The van der Waals surface area contributed by atoms with E-state index in [1.807, 2.05) is 34.7 Å². The lowest BCUT2D eigenvalue weighted by molar-refractivity contribution is -0.132. The summed E-state index contributed by atoms with van der Waals surface area (Å²) >= 11 is 6.28. The van der Waals surface area contributed by atoms with Crippen molar-refractivity contribution >= 4 is 28.4 Å². The lowest BCUT2D eigenvalue weighted by Gasteiger charge is -2.27. The molecule has 4 rings (SSSR count). The molecule has 0 saturated carbocycles. The summed E-state index contributed by atoms with van der Waals surface area (Å²) in [7, 11) is 0. The van der Waals surface area contributed by atoms with Crippen molar-refractivity contribution in [2.75, 3.05) is 6.54 Å². The monoisotopic (exact) mass is 342 g/mol. The molecule has 0 unspecified atom stereocenters. The fourth-order valence-electron chi connectivity index (χ4n) is 3.43. The van der Waals surface area contributed by atoms with Gasteiger partial charge < -0.3 is 14.5 Å². The van der Waals surface area contributed by atoms with Gasteiger partial charge >= 0.3 is 0 Å². The number of aryl methyl sites for hydroxylation is 2. The maximum absolute atomic E-state index is 12.6. The topological polar surface area (TPSA) is 53.9 Å². The van der Waals surface area contributed by atoms with Crippen LogP contribution >= 0.6 is 11.6 Å². The lowest BCUT2D eigenvalue weighted by atomic mass is 10.0. The van der Waals surface area contributed by atoms with Crippen molar-refractivity contribution in [3.8, 4) is 0 Å². The Kier molecular flexibility index (Phi) is 3.81. The first-order valence-electron chi connectivity index (χ1n) is 8.17. The summed E-state index contributed by atoms with van der Waals surface area (Å²) in [5, 5.41) is 1.86. The Bertz CT molecular complexity index is 911. The van der Waals surface area contributed by atoms with Gasteiger partial charge in [0.25, 0.3) is 0 Å². The van der Waals surface area contributed by atoms with Crippen molar-refractivity contribution < 1.29 is 4.79 Å². The molecular weight excluding hydrogens is 324 g/mol. The fourth-order valence-corrected chi connectivity index (χ4v) is 3.65. The zero-order valence-electron chi connectivity index (χ0n) is 13.6. The summed E-state index contributed by atoms with van der Waals surface area (Å²) in [5.41, 5.74) is 3.38. The van der Waals surface area contributed by atoms with Gasteiger partial charge in [0.2, 0.25) is 5.91 Å². The van der Waals surface area contributed by atoms with E-state index >= 15 is 0 Å².